The quantitative estimate of drug-likeness (QED) is 0.0102. The van der Waals surface area contributed by atoms with Crippen molar-refractivity contribution in [1.82, 2.24) is 16.0 Å². The van der Waals surface area contributed by atoms with Gasteiger partial charge in [-0.15, -0.1) is 0 Å². The Kier molecular flexibility index (Phi) is 47.4. The van der Waals surface area contributed by atoms with Gasteiger partial charge in [0.05, 0.1) is 60.4 Å². The van der Waals surface area contributed by atoms with Crippen LogP contribution in [0.5, 0.6) is 5.75 Å². The number of rotatable bonds is 43. The number of nitrogens with two attached hydrogens (primary N) is 2. The molecule has 3 amide bonds. The predicted molar refractivity (Wildman–Crippen MR) is 466 cm³/mol. The van der Waals surface area contributed by atoms with Crippen molar-refractivity contribution >= 4 is 81.9 Å². The SMILES string of the molecule is CC(=O)[C@H](Cc1ccccc1)NC(=O)OC(C)(C)C.CC(C)(CCC(=O)[C@@H](N)Cc1ccccc1)COS(=O)(=O)CCCS(=O)(=O)O.CC(C)(CCC(=O)[C@H](Cc1ccccc1)NC(=O)OC(C)(C)C)COS(=O)(=O)CCCS(=O)(=O)Oc1ccccc1.CC(C)(CN)CO.CC(C)(CO)CCC(=O)[C@H](Cc1ccccc1)NC(=O)OC(C)(C)C. The largest absolute Gasteiger partial charge is 0.444 e. The maximum atomic E-state index is 13.2. The highest BCUT2D eigenvalue weighted by Gasteiger charge is 2.32. The first-order valence-corrected chi connectivity index (χ1v) is 46.1. The second-order valence-electron chi connectivity index (χ2n) is 35.3. The van der Waals surface area contributed by atoms with Crippen molar-refractivity contribution < 1.29 is 109 Å². The molecule has 676 valence electrons. The fourth-order valence-electron chi connectivity index (χ4n) is 9.99. The normalized spacial score (nSPS) is 13.3. The molecule has 0 saturated heterocycles. The van der Waals surface area contributed by atoms with Gasteiger partial charge in [0.15, 0.2) is 17.3 Å². The molecule has 5 aromatic rings. The van der Waals surface area contributed by atoms with Gasteiger partial charge in [-0.3, -0.25) is 32.1 Å². The molecule has 5 rings (SSSR count). The number of hydrogen-bond donors (Lipinski definition) is 8. The number of para-hydroxylation sites is 1. The Morgan fingerprint density at radius 2 is 0.667 bits per heavy atom. The summed E-state index contributed by atoms with van der Waals surface area (Å²) in [4.78, 5) is 85.8. The lowest BCUT2D eigenvalue weighted by Crippen LogP contribution is -2.45. The van der Waals surface area contributed by atoms with Crippen LogP contribution in [0, 0.1) is 21.7 Å². The van der Waals surface area contributed by atoms with Crippen molar-refractivity contribution in [1.29, 1.82) is 0 Å². The molecule has 0 aliphatic heterocycles. The minimum absolute atomic E-state index is 0.0170. The number of ether oxygens (including phenoxy) is 3. The summed E-state index contributed by atoms with van der Waals surface area (Å²) in [5, 5.41) is 25.8. The van der Waals surface area contributed by atoms with E-state index in [4.69, 9.17) is 47.9 Å². The average molecular weight is 1760 g/mol. The highest BCUT2D eigenvalue weighted by Crippen LogP contribution is 2.28. The lowest BCUT2D eigenvalue weighted by molar-refractivity contribution is -0.122. The van der Waals surface area contributed by atoms with E-state index in [0.717, 1.165) is 22.3 Å². The van der Waals surface area contributed by atoms with Gasteiger partial charge in [-0.05, 0) is 184 Å². The van der Waals surface area contributed by atoms with Gasteiger partial charge in [0.1, 0.15) is 28.3 Å². The number of Topliss-reactive ketones (excluding diaryl/α,β-unsaturated/α-hetero) is 4. The van der Waals surface area contributed by atoms with E-state index in [0.29, 0.717) is 51.5 Å². The van der Waals surface area contributed by atoms with Gasteiger partial charge in [0, 0.05) is 37.9 Å². The number of aliphatic hydroxyl groups excluding tert-OH is 2. The molecule has 4 atom stereocenters. The van der Waals surface area contributed by atoms with Gasteiger partial charge in [-0.25, -0.2) is 14.4 Å². The molecule has 10 N–H and O–H groups in total. The summed E-state index contributed by atoms with van der Waals surface area (Å²) < 4.78 is 133. The van der Waals surface area contributed by atoms with Crippen LogP contribution in [0.15, 0.2) is 152 Å². The van der Waals surface area contributed by atoms with Crippen molar-refractivity contribution in [2.75, 3.05) is 56.0 Å². The summed E-state index contributed by atoms with van der Waals surface area (Å²) in [6.07, 6.45) is 1.10. The van der Waals surface area contributed by atoms with Gasteiger partial charge in [-0.2, -0.15) is 33.7 Å². The molecule has 0 fully saturated rings. The van der Waals surface area contributed by atoms with Crippen LogP contribution in [0.25, 0.3) is 0 Å². The number of nitrogens with one attached hydrogen (secondary N) is 3. The Balaban J connectivity index is 0.000000804. The Bertz CT molecular complexity index is 4360. The first kappa shape index (κ1) is 110. The van der Waals surface area contributed by atoms with E-state index in [1.807, 2.05) is 149 Å². The highest BCUT2D eigenvalue weighted by atomic mass is 32.2. The molecular formula is C87H135N5O24S4. The second kappa shape index (κ2) is 51.7. The maximum absolute atomic E-state index is 13.2. The minimum Gasteiger partial charge on any atom is -0.444 e. The Morgan fingerprint density at radius 1 is 0.383 bits per heavy atom. The zero-order chi connectivity index (χ0) is 91.6. The molecule has 0 unspecified atom stereocenters. The Morgan fingerprint density at radius 3 is 0.967 bits per heavy atom. The van der Waals surface area contributed by atoms with Crippen LogP contribution in [0.1, 0.15) is 198 Å². The van der Waals surface area contributed by atoms with Crippen LogP contribution in [0.2, 0.25) is 0 Å². The number of carbonyl (C=O) groups is 7. The molecule has 0 spiro atoms. The van der Waals surface area contributed by atoms with Crippen LogP contribution < -0.4 is 31.6 Å². The number of alkyl carbamates (subject to hydrolysis) is 3. The van der Waals surface area contributed by atoms with E-state index in [1.54, 1.807) is 108 Å². The van der Waals surface area contributed by atoms with Crippen LogP contribution >= 0.6 is 0 Å². The molecule has 5 aromatic carbocycles. The molecule has 33 heteroatoms. The predicted octanol–water partition coefficient (Wildman–Crippen LogP) is 12.4. The number of ketones is 4. The molecular weight excluding hydrogens is 1630 g/mol. The summed E-state index contributed by atoms with van der Waals surface area (Å²) in [5.41, 5.74) is 11.4. The molecule has 0 aliphatic rings. The summed E-state index contributed by atoms with van der Waals surface area (Å²) in [6.45, 7) is 32.5. The van der Waals surface area contributed by atoms with Gasteiger partial charge in [0.2, 0.25) is 0 Å². The molecule has 0 aromatic heterocycles. The molecule has 0 saturated carbocycles. The van der Waals surface area contributed by atoms with Crippen LogP contribution in [0.3, 0.4) is 0 Å². The summed E-state index contributed by atoms with van der Waals surface area (Å²) in [6, 6.07) is 43.1. The smallest absolute Gasteiger partial charge is 0.408 e. The van der Waals surface area contributed by atoms with E-state index < -0.39 is 134 Å². The van der Waals surface area contributed by atoms with Crippen LogP contribution in [-0.2, 0) is 108 Å². The van der Waals surface area contributed by atoms with Crippen LogP contribution in [-0.4, -0.2) is 187 Å². The molecule has 0 heterocycles. The van der Waals surface area contributed by atoms with Gasteiger partial charge in [-0.1, -0.05) is 195 Å². The molecule has 120 heavy (non-hydrogen) atoms. The highest BCUT2D eigenvalue weighted by molar-refractivity contribution is 7.88. The van der Waals surface area contributed by atoms with Gasteiger partial charge < -0.3 is 56.0 Å². The molecule has 0 bridgehead atoms. The Hall–Kier alpha value is -8.09. The summed E-state index contributed by atoms with van der Waals surface area (Å²) >= 11 is 0. The lowest BCUT2D eigenvalue weighted by Gasteiger charge is -2.26. The topological polar surface area (TPSA) is 460 Å². The number of hydrogen-bond acceptors (Lipinski definition) is 25. The van der Waals surface area contributed by atoms with Crippen molar-refractivity contribution in [2.24, 2.45) is 33.1 Å². The zero-order valence-electron chi connectivity index (χ0n) is 73.3. The third-order valence-electron chi connectivity index (χ3n) is 17.3. The van der Waals surface area contributed by atoms with Gasteiger partial charge in [0.25, 0.3) is 30.4 Å². The fraction of sp³-hybridized carbons (Fsp3) is 0.575. The third-order valence-corrected chi connectivity index (χ3v) is 21.8. The summed E-state index contributed by atoms with van der Waals surface area (Å²) in [7, 11) is -16.1. The Labute approximate surface area is 713 Å². The monoisotopic (exact) mass is 1760 g/mol. The van der Waals surface area contributed by atoms with Gasteiger partial charge >= 0.3 is 28.4 Å². The van der Waals surface area contributed by atoms with E-state index in [1.165, 1.54) is 19.1 Å². The lowest BCUT2D eigenvalue weighted by atomic mass is 9.86. The average Bonchev–Trinajstić information content (AvgIpc) is 0.848. The second-order valence-corrected chi connectivity index (χ2v) is 42.1. The first-order valence-electron chi connectivity index (χ1n) is 39.7. The molecule has 0 radical (unpaired) electrons. The van der Waals surface area contributed by atoms with Crippen molar-refractivity contribution in [3.63, 3.8) is 0 Å². The number of amides is 3. The van der Waals surface area contributed by atoms with Crippen molar-refractivity contribution in [3.8, 4) is 5.75 Å². The fourth-order valence-corrected chi connectivity index (χ4v) is 14.1. The minimum atomic E-state index is -4.21. The van der Waals surface area contributed by atoms with Crippen LogP contribution in [0.4, 0.5) is 14.4 Å². The number of aliphatic hydroxyl groups is 2. The first-order chi connectivity index (χ1) is 55.2. The number of benzene rings is 5. The van der Waals surface area contributed by atoms with Crippen molar-refractivity contribution in [2.45, 2.75) is 243 Å². The van der Waals surface area contributed by atoms with E-state index in [9.17, 15) is 72.3 Å². The standard InChI is InChI=1S/C29H41NO9S2.C20H31NO4.C18H29NO7S2.C15H21NO3.C5H13NO/c1-28(2,3)38-27(32)30-25(21-23-13-8-6-9-14-23)26(31)17-18-29(4,5)22-37-40(33,34)19-12-20-41(35,36)39-24-15-10-7-11-16-24;1-19(2,3)25-18(24)21-16(13-15-9-7-6-8-10-15)17(23)11-12-20(4,5)14-22;1-18(2,14-26-28(24,25)12-6-11-27(21,22)23)10-9-17(20)16(19)13-15-7-4-3-5-8-15;1-11(17)13(10-12-8-6-5-7-9-12)16-14(18)19-15(2,3)4;1-5(2,3-6)4-7/h6-11,13-16,25H,12,17-22H2,1-5H3,(H,30,32);6-10,16,22H,11-14H2,1-5H3,(H,21,24);3-5,7-8,16H,6,9-14,19H2,1-2H3,(H,21,22,23);5-9,13H,10H2,1-4H3,(H,16,18);7H,3-4,6H2,1-2H3/t25-;2*16-;13-;/m0000./s1. The van der Waals surface area contributed by atoms with Crippen molar-refractivity contribution in [3.05, 3.63) is 174 Å². The summed E-state index contributed by atoms with van der Waals surface area (Å²) in [5.74, 6) is -2.47. The van der Waals surface area contributed by atoms with E-state index >= 15 is 0 Å². The van der Waals surface area contributed by atoms with E-state index in [2.05, 4.69) is 16.0 Å². The zero-order valence-corrected chi connectivity index (χ0v) is 76.6. The van der Waals surface area contributed by atoms with E-state index in [-0.39, 0.29) is 98.2 Å². The number of carbonyl (C=O) groups excluding carboxylic acids is 7. The molecule has 29 nitrogen and oxygen atoms in total. The third kappa shape index (κ3) is 55.8. The molecule has 0 aliphatic carbocycles. The maximum Gasteiger partial charge on any atom is 0.408 e.